The second-order valence-electron chi connectivity index (χ2n) is 9.61. The molecule has 4 aliphatic rings. The highest BCUT2D eigenvalue weighted by molar-refractivity contribution is 5.93. The van der Waals surface area contributed by atoms with Gasteiger partial charge in [-0.25, -0.2) is 0 Å². The zero-order valence-corrected chi connectivity index (χ0v) is 17.7. The van der Waals surface area contributed by atoms with E-state index in [1.807, 2.05) is 0 Å². The van der Waals surface area contributed by atoms with Crippen molar-refractivity contribution in [2.45, 2.75) is 51.4 Å². The summed E-state index contributed by atoms with van der Waals surface area (Å²) in [5.74, 6) is 1.17. The van der Waals surface area contributed by atoms with E-state index < -0.39 is 18.5 Å². The van der Waals surface area contributed by atoms with Gasteiger partial charge in [0.05, 0.1) is 12.5 Å². The Bertz CT molecular complexity index is 852. The van der Waals surface area contributed by atoms with E-state index in [0.717, 1.165) is 42.6 Å². The van der Waals surface area contributed by atoms with E-state index in [0.29, 0.717) is 18.5 Å². The lowest BCUT2D eigenvalue weighted by atomic mass is 9.49. The van der Waals surface area contributed by atoms with Gasteiger partial charge in [0, 0.05) is 12.1 Å². The molecule has 4 saturated carbocycles. The number of amides is 2. The summed E-state index contributed by atoms with van der Waals surface area (Å²) >= 11 is 0. The molecule has 0 aliphatic heterocycles. The van der Waals surface area contributed by atoms with Crippen LogP contribution in [-0.2, 0) is 25.5 Å². The maximum atomic E-state index is 12.5. The quantitative estimate of drug-likeness (QED) is 0.625. The van der Waals surface area contributed by atoms with Gasteiger partial charge in [0.2, 0.25) is 5.91 Å². The lowest BCUT2D eigenvalue weighted by Gasteiger charge is -2.56. The lowest BCUT2D eigenvalue weighted by Crippen LogP contribution is -2.48. The van der Waals surface area contributed by atoms with Crippen LogP contribution < -0.4 is 10.6 Å². The van der Waals surface area contributed by atoms with Crippen molar-refractivity contribution in [2.75, 3.05) is 18.5 Å². The number of nitrogens with zero attached hydrogens (tertiary/aromatic N) is 1. The zero-order chi connectivity index (χ0) is 21.8. The van der Waals surface area contributed by atoms with Crippen LogP contribution in [0.4, 0.5) is 5.69 Å². The minimum absolute atomic E-state index is 0.0965. The minimum atomic E-state index is -0.626. The molecular formula is C24H29N3O4. The predicted octanol–water partition coefficient (Wildman–Crippen LogP) is 2.96. The molecule has 7 nitrogen and oxygen atoms in total. The van der Waals surface area contributed by atoms with Gasteiger partial charge < -0.3 is 15.4 Å². The fourth-order valence-corrected chi connectivity index (χ4v) is 6.27. The van der Waals surface area contributed by atoms with Gasteiger partial charge in [0.1, 0.15) is 6.54 Å². The number of carbonyl (C=O) groups is 3. The number of hydrogen-bond donors (Lipinski definition) is 2. The van der Waals surface area contributed by atoms with Gasteiger partial charge in [-0.05, 0) is 79.4 Å². The van der Waals surface area contributed by atoms with Gasteiger partial charge in [-0.15, -0.1) is 0 Å². The molecule has 2 N–H and O–H groups in total. The van der Waals surface area contributed by atoms with Crippen molar-refractivity contribution in [3.05, 3.63) is 29.8 Å². The van der Waals surface area contributed by atoms with Crippen molar-refractivity contribution in [3.8, 4) is 6.07 Å². The Morgan fingerprint density at radius 3 is 2.19 bits per heavy atom. The van der Waals surface area contributed by atoms with Gasteiger partial charge in [0.15, 0.2) is 6.61 Å². The highest BCUT2D eigenvalue weighted by Gasteiger charge is 2.51. The first-order valence-corrected chi connectivity index (χ1v) is 11.1. The lowest BCUT2D eigenvalue weighted by molar-refractivity contribution is -0.147. The smallest absolute Gasteiger partial charge is 0.325 e. The fourth-order valence-electron chi connectivity index (χ4n) is 6.27. The number of carbonyl (C=O) groups excluding carboxylic acids is 3. The van der Waals surface area contributed by atoms with Crippen LogP contribution in [0.3, 0.4) is 0 Å². The molecule has 4 bridgehead atoms. The van der Waals surface area contributed by atoms with E-state index in [1.165, 1.54) is 19.3 Å². The number of anilines is 1. The first-order chi connectivity index (χ1) is 14.9. The summed E-state index contributed by atoms with van der Waals surface area (Å²) in [6.07, 6.45) is 8.24. The normalized spacial score (nSPS) is 27.9. The van der Waals surface area contributed by atoms with Crippen molar-refractivity contribution in [2.24, 2.45) is 23.2 Å². The molecule has 5 rings (SSSR count). The molecule has 1 aromatic carbocycles. The number of ether oxygens (including phenoxy) is 1. The fraction of sp³-hybridized carbons (Fsp3) is 0.583. The standard InChI is InChI=1S/C24H29N3O4/c25-6-5-16-1-3-20(4-2-16)27-22(29)15-31-23(30)14-26-21(28)13-24-10-17-7-18(11-24)9-19(8-17)12-24/h1-4,17-19H,5,7-15H2,(H,26,28)(H,27,29). The Kier molecular flexibility index (Phi) is 6.26. The molecule has 0 radical (unpaired) electrons. The molecule has 0 aromatic heterocycles. The summed E-state index contributed by atoms with van der Waals surface area (Å²) in [5.41, 5.74) is 1.55. The summed E-state index contributed by atoms with van der Waals surface area (Å²) in [4.78, 5) is 36.4. The van der Waals surface area contributed by atoms with E-state index >= 15 is 0 Å². The van der Waals surface area contributed by atoms with Crippen LogP contribution >= 0.6 is 0 Å². The van der Waals surface area contributed by atoms with Crippen LogP contribution in [0.25, 0.3) is 0 Å². The average Bonchev–Trinajstić information content (AvgIpc) is 2.71. The molecule has 0 heterocycles. The van der Waals surface area contributed by atoms with Crippen molar-refractivity contribution in [1.29, 1.82) is 5.26 Å². The average molecular weight is 424 g/mol. The summed E-state index contributed by atoms with van der Waals surface area (Å²) < 4.78 is 4.97. The maximum absolute atomic E-state index is 12.5. The molecule has 2 amide bonds. The molecule has 164 valence electrons. The zero-order valence-electron chi connectivity index (χ0n) is 17.7. The number of nitrogens with one attached hydrogen (secondary N) is 2. The molecule has 4 fully saturated rings. The monoisotopic (exact) mass is 423 g/mol. The summed E-state index contributed by atoms with van der Waals surface area (Å²) in [6.45, 7) is -0.634. The Balaban J connectivity index is 1.15. The Morgan fingerprint density at radius 1 is 1.00 bits per heavy atom. The van der Waals surface area contributed by atoms with Gasteiger partial charge >= 0.3 is 5.97 Å². The number of benzene rings is 1. The molecule has 4 aliphatic carbocycles. The molecule has 7 heteroatoms. The number of esters is 1. The first kappa shape index (κ1) is 21.4. The Morgan fingerprint density at radius 2 is 1.61 bits per heavy atom. The van der Waals surface area contributed by atoms with E-state index in [-0.39, 0.29) is 17.9 Å². The van der Waals surface area contributed by atoms with Crippen LogP contribution in [0.2, 0.25) is 0 Å². The second-order valence-corrected chi connectivity index (χ2v) is 9.61. The van der Waals surface area contributed by atoms with Gasteiger partial charge in [-0.1, -0.05) is 12.1 Å². The topological polar surface area (TPSA) is 108 Å². The molecule has 0 atom stereocenters. The van der Waals surface area contributed by atoms with Crippen LogP contribution in [0.5, 0.6) is 0 Å². The van der Waals surface area contributed by atoms with E-state index in [2.05, 4.69) is 16.7 Å². The third kappa shape index (κ3) is 5.43. The van der Waals surface area contributed by atoms with E-state index in [4.69, 9.17) is 10.00 Å². The Hall–Kier alpha value is -2.88. The second kappa shape index (κ2) is 9.09. The highest BCUT2D eigenvalue weighted by atomic mass is 16.5. The van der Waals surface area contributed by atoms with Crippen molar-refractivity contribution < 1.29 is 19.1 Å². The molecule has 0 saturated heterocycles. The third-order valence-corrected chi connectivity index (χ3v) is 7.02. The van der Waals surface area contributed by atoms with Crippen LogP contribution in [0, 0.1) is 34.5 Å². The largest absolute Gasteiger partial charge is 0.454 e. The van der Waals surface area contributed by atoms with Crippen LogP contribution in [0.1, 0.15) is 50.5 Å². The van der Waals surface area contributed by atoms with Crippen LogP contribution in [-0.4, -0.2) is 30.9 Å². The third-order valence-electron chi connectivity index (χ3n) is 7.02. The van der Waals surface area contributed by atoms with Gasteiger partial charge in [0.25, 0.3) is 5.91 Å². The SMILES string of the molecule is N#CCc1ccc(NC(=O)COC(=O)CNC(=O)CC23CC4CC(CC(C4)C2)C3)cc1. The first-order valence-electron chi connectivity index (χ1n) is 11.1. The molecule has 0 unspecified atom stereocenters. The van der Waals surface area contributed by atoms with Crippen molar-refractivity contribution in [1.82, 2.24) is 5.32 Å². The van der Waals surface area contributed by atoms with Gasteiger partial charge in [-0.2, -0.15) is 5.26 Å². The number of hydrogen-bond acceptors (Lipinski definition) is 5. The molecule has 31 heavy (non-hydrogen) atoms. The summed E-state index contributed by atoms with van der Waals surface area (Å²) in [5, 5.41) is 14.0. The van der Waals surface area contributed by atoms with Crippen molar-refractivity contribution in [3.63, 3.8) is 0 Å². The summed E-state index contributed by atoms with van der Waals surface area (Å²) in [6, 6.07) is 8.95. The van der Waals surface area contributed by atoms with E-state index in [1.54, 1.807) is 24.3 Å². The van der Waals surface area contributed by atoms with Gasteiger partial charge in [-0.3, -0.25) is 14.4 Å². The minimum Gasteiger partial charge on any atom is -0.454 e. The maximum Gasteiger partial charge on any atom is 0.325 e. The number of rotatable bonds is 8. The Labute approximate surface area is 182 Å². The predicted molar refractivity (Wildman–Crippen MR) is 114 cm³/mol. The molecule has 0 spiro atoms. The molecule has 1 aromatic rings. The molecular weight excluding hydrogens is 394 g/mol. The van der Waals surface area contributed by atoms with Crippen LogP contribution in [0.15, 0.2) is 24.3 Å². The highest BCUT2D eigenvalue weighted by Crippen LogP contribution is 2.61. The van der Waals surface area contributed by atoms with E-state index in [9.17, 15) is 14.4 Å². The van der Waals surface area contributed by atoms with Crippen molar-refractivity contribution >= 4 is 23.5 Å². The summed E-state index contributed by atoms with van der Waals surface area (Å²) in [7, 11) is 0. The number of nitriles is 1.